The van der Waals surface area contributed by atoms with Gasteiger partial charge in [-0.3, -0.25) is 0 Å². The van der Waals surface area contributed by atoms with Gasteiger partial charge < -0.3 is 0 Å². The van der Waals surface area contributed by atoms with Gasteiger partial charge >= 0.3 is 0 Å². The zero-order chi connectivity index (χ0) is 13.5. The van der Waals surface area contributed by atoms with Gasteiger partial charge in [0.15, 0.2) is 0 Å². The van der Waals surface area contributed by atoms with Crippen LogP contribution in [0, 0.1) is 34.5 Å². The first-order chi connectivity index (χ1) is 9.68. The van der Waals surface area contributed by atoms with Crippen molar-refractivity contribution in [3.05, 3.63) is 11.1 Å². The van der Waals surface area contributed by atoms with Gasteiger partial charge in [0.05, 0.1) is 0 Å². The lowest BCUT2D eigenvalue weighted by Gasteiger charge is -2.53. The van der Waals surface area contributed by atoms with E-state index in [0.29, 0.717) is 0 Å². The lowest BCUT2D eigenvalue weighted by atomic mass is 9.51. The van der Waals surface area contributed by atoms with Crippen molar-refractivity contribution >= 4 is 0 Å². The van der Waals surface area contributed by atoms with Crippen LogP contribution in [0.15, 0.2) is 11.1 Å². The quantitative estimate of drug-likeness (QED) is 0.493. The fourth-order valence-corrected chi connectivity index (χ4v) is 8.18. The highest BCUT2D eigenvalue weighted by Gasteiger charge is 2.77. The van der Waals surface area contributed by atoms with Gasteiger partial charge in [0.2, 0.25) is 0 Å². The topological polar surface area (TPSA) is 0 Å². The first-order valence-corrected chi connectivity index (χ1v) is 9.39. The molecule has 3 fully saturated rings. The molecule has 5 rings (SSSR count). The largest absolute Gasteiger partial charge is 0.0707 e. The number of fused-ring (bicyclic) bond motifs is 2. The van der Waals surface area contributed by atoms with Gasteiger partial charge in [0, 0.05) is 0 Å². The highest BCUT2D eigenvalue weighted by Crippen LogP contribution is 2.84. The van der Waals surface area contributed by atoms with Gasteiger partial charge in [-0.2, -0.15) is 0 Å². The van der Waals surface area contributed by atoms with Crippen molar-refractivity contribution < 1.29 is 0 Å². The molecule has 0 bridgehead atoms. The van der Waals surface area contributed by atoms with Gasteiger partial charge in [0.1, 0.15) is 0 Å². The summed E-state index contributed by atoms with van der Waals surface area (Å²) < 4.78 is 0. The summed E-state index contributed by atoms with van der Waals surface area (Å²) in [6.07, 6.45) is 15.2. The molecular formula is C20H30. The van der Waals surface area contributed by atoms with Gasteiger partial charge in [-0.15, -0.1) is 0 Å². The molecule has 0 aliphatic heterocycles. The molecule has 5 aliphatic carbocycles. The van der Waals surface area contributed by atoms with Crippen LogP contribution in [-0.2, 0) is 0 Å². The van der Waals surface area contributed by atoms with Gasteiger partial charge in [-0.05, 0) is 98.7 Å². The Balaban J connectivity index is 1.58. The Morgan fingerprint density at radius 2 is 1.70 bits per heavy atom. The fourth-order valence-electron chi connectivity index (χ4n) is 8.18. The summed E-state index contributed by atoms with van der Waals surface area (Å²) in [5.74, 6) is 4.28. The number of hydrogen-bond acceptors (Lipinski definition) is 0. The monoisotopic (exact) mass is 270 g/mol. The second-order valence-corrected chi connectivity index (χ2v) is 9.05. The molecule has 3 saturated carbocycles. The van der Waals surface area contributed by atoms with Crippen LogP contribution in [0.1, 0.15) is 78.1 Å². The smallest absolute Gasteiger partial charge is 0.0150 e. The average molecular weight is 270 g/mol. The van der Waals surface area contributed by atoms with E-state index in [1.54, 1.807) is 32.1 Å². The van der Waals surface area contributed by atoms with E-state index in [-0.39, 0.29) is 0 Å². The Labute approximate surface area is 124 Å². The van der Waals surface area contributed by atoms with Gasteiger partial charge in [-0.1, -0.05) is 25.0 Å². The molecule has 0 nitrogen and oxygen atoms in total. The van der Waals surface area contributed by atoms with Crippen molar-refractivity contribution in [2.45, 2.75) is 78.1 Å². The normalized spacial score (nSPS) is 56.7. The summed E-state index contributed by atoms with van der Waals surface area (Å²) in [7, 11) is 0. The van der Waals surface area contributed by atoms with E-state index in [4.69, 9.17) is 0 Å². The van der Waals surface area contributed by atoms with E-state index in [1.807, 2.05) is 11.1 Å². The molecule has 6 atom stereocenters. The minimum Gasteiger partial charge on any atom is -0.0707 e. The van der Waals surface area contributed by atoms with Crippen molar-refractivity contribution in [3.8, 4) is 0 Å². The molecule has 0 radical (unpaired) electrons. The van der Waals surface area contributed by atoms with Crippen LogP contribution in [0.5, 0.6) is 0 Å². The molecule has 5 aliphatic rings. The summed E-state index contributed by atoms with van der Waals surface area (Å²) in [5.41, 5.74) is 5.45. The molecule has 0 aromatic heterocycles. The third-order valence-corrected chi connectivity index (χ3v) is 8.85. The third-order valence-electron chi connectivity index (χ3n) is 8.85. The standard InChI is InChI=1S/C20H30/c1-13-17-10-12-19(2)11-9-16-15-6-4-3-5-14(15)7-8-18(16)20(13,17)19/h13,16-18H,3-12H2,1-2H3. The maximum Gasteiger partial charge on any atom is -0.0150 e. The SMILES string of the molecule is CC1C2CCC3(C)CCC4C5=C(CCCC5)CCC4C123. The second kappa shape index (κ2) is 3.73. The molecular weight excluding hydrogens is 240 g/mol. The van der Waals surface area contributed by atoms with Gasteiger partial charge in [0.25, 0.3) is 0 Å². The first kappa shape index (κ1) is 12.3. The molecule has 0 heterocycles. The van der Waals surface area contributed by atoms with Crippen molar-refractivity contribution in [2.75, 3.05) is 0 Å². The Morgan fingerprint density at radius 1 is 0.900 bits per heavy atom. The number of rotatable bonds is 0. The third kappa shape index (κ3) is 1.19. The summed E-state index contributed by atoms with van der Waals surface area (Å²) in [6.45, 7) is 5.28. The second-order valence-electron chi connectivity index (χ2n) is 9.05. The molecule has 110 valence electrons. The maximum absolute atomic E-state index is 2.68. The number of allylic oxidation sites excluding steroid dienone is 2. The van der Waals surface area contributed by atoms with Crippen molar-refractivity contribution in [1.82, 2.24) is 0 Å². The van der Waals surface area contributed by atoms with Crippen LogP contribution < -0.4 is 0 Å². The number of hydrogen-bond donors (Lipinski definition) is 0. The summed E-state index contributed by atoms with van der Waals surface area (Å²) in [5, 5.41) is 0. The van der Waals surface area contributed by atoms with Crippen LogP contribution in [0.3, 0.4) is 0 Å². The Kier molecular flexibility index (Phi) is 2.30. The van der Waals surface area contributed by atoms with E-state index in [0.717, 1.165) is 34.5 Å². The molecule has 6 unspecified atom stereocenters. The van der Waals surface area contributed by atoms with Crippen LogP contribution >= 0.6 is 0 Å². The summed E-state index contributed by atoms with van der Waals surface area (Å²) in [4.78, 5) is 0. The zero-order valence-corrected chi connectivity index (χ0v) is 13.4. The van der Waals surface area contributed by atoms with Gasteiger partial charge in [-0.25, -0.2) is 0 Å². The van der Waals surface area contributed by atoms with E-state index < -0.39 is 0 Å². The zero-order valence-electron chi connectivity index (χ0n) is 13.4. The van der Waals surface area contributed by atoms with Crippen LogP contribution in [0.4, 0.5) is 0 Å². The minimum atomic E-state index is 0.727. The Hall–Kier alpha value is -0.260. The van der Waals surface area contributed by atoms with E-state index >= 15 is 0 Å². The molecule has 0 N–H and O–H groups in total. The van der Waals surface area contributed by atoms with E-state index in [9.17, 15) is 0 Å². The van der Waals surface area contributed by atoms with Crippen LogP contribution in [0.25, 0.3) is 0 Å². The molecule has 1 spiro atoms. The predicted octanol–water partition coefficient (Wildman–Crippen LogP) is 5.73. The van der Waals surface area contributed by atoms with Crippen molar-refractivity contribution in [1.29, 1.82) is 0 Å². The van der Waals surface area contributed by atoms with Crippen LogP contribution in [-0.4, -0.2) is 0 Å². The molecule has 0 amide bonds. The lowest BCUT2D eigenvalue weighted by molar-refractivity contribution is -0.00720. The lowest BCUT2D eigenvalue weighted by Crippen LogP contribution is -2.45. The molecule has 20 heavy (non-hydrogen) atoms. The Bertz CT molecular complexity index is 486. The summed E-state index contributed by atoms with van der Waals surface area (Å²) >= 11 is 0. The van der Waals surface area contributed by atoms with E-state index in [2.05, 4.69) is 13.8 Å². The highest BCUT2D eigenvalue weighted by atomic mass is 14.8. The minimum absolute atomic E-state index is 0.727. The first-order valence-electron chi connectivity index (χ1n) is 9.39. The highest BCUT2D eigenvalue weighted by molar-refractivity contribution is 5.33. The molecule has 0 heteroatoms. The molecule has 0 aromatic rings. The van der Waals surface area contributed by atoms with Crippen molar-refractivity contribution in [2.24, 2.45) is 34.5 Å². The average Bonchev–Trinajstić information content (AvgIpc) is 2.91. The van der Waals surface area contributed by atoms with Crippen molar-refractivity contribution in [3.63, 3.8) is 0 Å². The molecule has 0 aromatic carbocycles. The maximum atomic E-state index is 2.68. The molecule has 0 saturated heterocycles. The van der Waals surface area contributed by atoms with Crippen LogP contribution in [0.2, 0.25) is 0 Å². The Morgan fingerprint density at radius 3 is 2.55 bits per heavy atom. The summed E-state index contributed by atoms with van der Waals surface area (Å²) in [6, 6.07) is 0. The predicted molar refractivity (Wildman–Crippen MR) is 83.4 cm³/mol. The van der Waals surface area contributed by atoms with E-state index in [1.165, 1.54) is 32.1 Å². The fraction of sp³-hybridized carbons (Fsp3) is 0.900.